The first kappa shape index (κ1) is 30.7. The van der Waals surface area contributed by atoms with Gasteiger partial charge in [-0.15, -0.1) is 0 Å². The van der Waals surface area contributed by atoms with Gasteiger partial charge in [-0.2, -0.15) is 0 Å². The van der Waals surface area contributed by atoms with Gasteiger partial charge in [0.2, 0.25) is 0 Å². The van der Waals surface area contributed by atoms with Gasteiger partial charge >= 0.3 is 0 Å². The van der Waals surface area contributed by atoms with Crippen molar-refractivity contribution in [1.82, 2.24) is 9.97 Å². The number of hydrogen-bond acceptors (Lipinski definition) is 2. The fourth-order valence-corrected chi connectivity index (χ4v) is 3.76. The Hall–Kier alpha value is -2.57. The van der Waals surface area contributed by atoms with Crippen molar-refractivity contribution in [1.29, 1.82) is 0 Å². The summed E-state index contributed by atoms with van der Waals surface area (Å²) in [5.41, 5.74) is 10.5. The maximum Gasteiger partial charge on any atom is 0.0964 e. The van der Waals surface area contributed by atoms with Crippen LogP contribution in [0.1, 0.15) is 83.1 Å². The Morgan fingerprint density at radius 3 is 1.43 bits per heavy atom. The van der Waals surface area contributed by atoms with Crippen molar-refractivity contribution in [3.8, 4) is 11.3 Å². The van der Waals surface area contributed by atoms with E-state index in [2.05, 4.69) is 129 Å². The summed E-state index contributed by atoms with van der Waals surface area (Å²) in [5, 5.41) is 1.87. The molecule has 0 fully saturated rings. The molecule has 1 aromatic heterocycles. The van der Waals surface area contributed by atoms with Crippen LogP contribution >= 0.6 is 9.24 Å². The lowest BCUT2D eigenvalue weighted by molar-refractivity contribution is 0.504. The van der Waals surface area contributed by atoms with Gasteiger partial charge in [-0.1, -0.05) is 117 Å². The Bertz CT molecular complexity index is 1370. The van der Waals surface area contributed by atoms with Crippen LogP contribution in [0.4, 0.5) is 0 Å². The largest absolute Gasteiger partial charge is 0.244 e. The molecule has 0 saturated carbocycles. The standard InChI is InChI=1S/C34H47N2P/c1-22(18-20-24(3)33(7,8)9)26(5)29-30(27(6)23(2)19-21-25(4)34(10,11)12)36-32(37)31(35-29)28-16-14-13-15-17-28/h13-21H,37H2,1-12H3/b22-18+,23-19+,24-20+,25-21+,29-26-,30-27-. The van der Waals surface area contributed by atoms with Crippen molar-refractivity contribution >= 4 is 25.8 Å². The number of benzene rings is 1. The van der Waals surface area contributed by atoms with Crippen LogP contribution in [0, 0.1) is 10.8 Å². The maximum absolute atomic E-state index is 5.23. The molecular weight excluding hydrogens is 467 g/mol. The van der Waals surface area contributed by atoms with E-state index in [0.717, 1.165) is 38.5 Å². The Morgan fingerprint density at radius 1 is 0.622 bits per heavy atom. The fraction of sp³-hybridized carbons (Fsp3) is 0.412. The summed E-state index contributed by atoms with van der Waals surface area (Å²) in [5.74, 6) is 0. The molecule has 0 aliphatic carbocycles. The van der Waals surface area contributed by atoms with Gasteiger partial charge in [-0.3, -0.25) is 0 Å². The Balaban J connectivity index is 2.92. The number of aromatic nitrogens is 2. The Morgan fingerprint density at radius 2 is 1.03 bits per heavy atom. The predicted octanol–water partition coefficient (Wildman–Crippen LogP) is 7.86. The second-order valence-corrected chi connectivity index (χ2v) is 12.7. The highest BCUT2D eigenvalue weighted by Crippen LogP contribution is 2.26. The fourth-order valence-electron chi connectivity index (χ4n) is 3.40. The minimum Gasteiger partial charge on any atom is -0.244 e. The van der Waals surface area contributed by atoms with Gasteiger partial charge in [-0.05, 0) is 74.7 Å². The molecule has 0 amide bonds. The summed E-state index contributed by atoms with van der Waals surface area (Å²) in [4.78, 5) is 10.4. The molecule has 198 valence electrons. The minimum absolute atomic E-state index is 0.141. The molecular formula is C34H47N2P. The second-order valence-electron chi connectivity index (χ2n) is 12.2. The third kappa shape index (κ3) is 8.21. The first-order valence-corrected chi connectivity index (χ1v) is 13.7. The average Bonchev–Trinajstić information content (AvgIpc) is 2.83. The van der Waals surface area contributed by atoms with Crippen molar-refractivity contribution < 1.29 is 0 Å². The lowest BCUT2D eigenvalue weighted by Gasteiger charge is -2.19. The van der Waals surface area contributed by atoms with Crippen LogP contribution in [0.15, 0.2) is 76.9 Å². The number of hydrogen-bond donors (Lipinski definition) is 0. The average molecular weight is 515 g/mol. The molecule has 2 nitrogen and oxygen atoms in total. The molecule has 0 aliphatic heterocycles. The van der Waals surface area contributed by atoms with E-state index < -0.39 is 0 Å². The monoisotopic (exact) mass is 514 g/mol. The molecule has 1 unspecified atom stereocenters. The minimum atomic E-state index is 0.141. The number of allylic oxidation sites excluding steroid dienone is 8. The van der Waals surface area contributed by atoms with E-state index in [1.807, 2.05) is 18.2 Å². The van der Waals surface area contributed by atoms with Crippen LogP contribution in [-0.2, 0) is 0 Å². The van der Waals surface area contributed by atoms with E-state index >= 15 is 0 Å². The predicted molar refractivity (Wildman–Crippen MR) is 168 cm³/mol. The topological polar surface area (TPSA) is 25.8 Å². The quantitative estimate of drug-likeness (QED) is 0.300. The van der Waals surface area contributed by atoms with E-state index in [1.54, 1.807) is 0 Å². The van der Waals surface area contributed by atoms with Gasteiger partial charge in [0.15, 0.2) is 0 Å². The van der Waals surface area contributed by atoms with E-state index in [4.69, 9.17) is 9.97 Å². The van der Waals surface area contributed by atoms with Gasteiger partial charge in [0, 0.05) is 5.56 Å². The lowest BCUT2D eigenvalue weighted by Crippen LogP contribution is -2.39. The summed E-state index contributed by atoms with van der Waals surface area (Å²) in [6.07, 6.45) is 8.89. The highest BCUT2D eigenvalue weighted by atomic mass is 31.0. The molecule has 1 aromatic carbocycles. The van der Waals surface area contributed by atoms with Crippen molar-refractivity contribution in [3.63, 3.8) is 0 Å². The normalized spacial score (nSPS) is 16.1. The summed E-state index contributed by atoms with van der Waals surface area (Å²) < 4.78 is 0. The van der Waals surface area contributed by atoms with Gasteiger partial charge in [-0.25, -0.2) is 9.97 Å². The van der Waals surface area contributed by atoms with Gasteiger partial charge < -0.3 is 0 Å². The summed E-state index contributed by atoms with van der Waals surface area (Å²) in [7, 11) is 2.80. The number of rotatable bonds is 5. The second kappa shape index (κ2) is 12.3. The Kier molecular flexibility index (Phi) is 10.2. The molecule has 3 heteroatoms. The third-order valence-corrected chi connectivity index (χ3v) is 7.80. The molecule has 0 N–H and O–H groups in total. The molecule has 37 heavy (non-hydrogen) atoms. The zero-order valence-corrected chi connectivity index (χ0v) is 26.3. The van der Waals surface area contributed by atoms with Crippen molar-refractivity contribution in [2.75, 3.05) is 0 Å². The third-order valence-electron chi connectivity index (χ3n) is 7.40. The first-order chi connectivity index (χ1) is 17.0. The highest BCUT2D eigenvalue weighted by molar-refractivity contribution is 7.27. The van der Waals surface area contributed by atoms with Crippen molar-refractivity contribution in [2.45, 2.75) is 83.1 Å². The molecule has 2 aromatic rings. The molecule has 0 saturated heterocycles. The zero-order chi connectivity index (χ0) is 28.1. The molecule has 1 atom stereocenters. The Labute approximate surface area is 228 Å². The van der Waals surface area contributed by atoms with E-state index in [1.165, 1.54) is 22.3 Å². The molecule has 1 heterocycles. The van der Waals surface area contributed by atoms with Crippen molar-refractivity contribution in [3.05, 3.63) is 87.6 Å². The smallest absolute Gasteiger partial charge is 0.0964 e. The van der Waals surface area contributed by atoms with Crippen molar-refractivity contribution in [2.24, 2.45) is 10.8 Å². The van der Waals surface area contributed by atoms with Crippen LogP contribution in [0.3, 0.4) is 0 Å². The maximum atomic E-state index is 5.23. The number of nitrogens with zero attached hydrogens (tertiary/aromatic N) is 2. The zero-order valence-electron chi connectivity index (χ0n) is 25.2. The molecule has 0 radical (unpaired) electrons. The van der Waals surface area contributed by atoms with Crippen LogP contribution in [0.5, 0.6) is 0 Å². The van der Waals surface area contributed by atoms with Gasteiger partial charge in [0.25, 0.3) is 0 Å². The molecule has 0 spiro atoms. The van der Waals surface area contributed by atoms with Crippen LogP contribution in [0.2, 0.25) is 0 Å². The van der Waals surface area contributed by atoms with Gasteiger partial charge in [0.1, 0.15) is 0 Å². The highest BCUT2D eigenvalue weighted by Gasteiger charge is 2.13. The molecule has 0 aliphatic rings. The summed E-state index contributed by atoms with van der Waals surface area (Å²) in [6.45, 7) is 26.5. The van der Waals surface area contributed by atoms with Gasteiger partial charge in [0.05, 0.1) is 21.8 Å². The van der Waals surface area contributed by atoms with E-state index in [-0.39, 0.29) is 10.8 Å². The van der Waals surface area contributed by atoms with Crippen LogP contribution < -0.4 is 16.1 Å². The summed E-state index contributed by atoms with van der Waals surface area (Å²) >= 11 is 0. The summed E-state index contributed by atoms with van der Waals surface area (Å²) in [6, 6.07) is 10.3. The van der Waals surface area contributed by atoms with E-state index in [9.17, 15) is 0 Å². The van der Waals surface area contributed by atoms with Crippen LogP contribution in [0.25, 0.3) is 22.4 Å². The lowest BCUT2D eigenvalue weighted by atomic mass is 9.87. The SMILES string of the molecule is CC(/C(C)=C/C=C(\C)C(C)(C)C)=c1/nc(P)c(-c2ccccc2)n/c1=C(C)\C(C)=C\C=C(/C)C(C)(C)C. The molecule has 2 rings (SSSR count). The van der Waals surface area contributed by atoms with Crippen LogP contribution in [-0.4, -0.2) is 9.97 Å². The molecule has 0 bridgehead atoms. The first-order valence-electron chi connectivity index (χ1n) is 13.2. The van der Waals surface area contributed by atoms with E-state index in [0.29, 0.717) is 0 Å².